The third-order valence-corrected chi connectivity index (χ3v) is 5.07. The van der Waals surface area contributed by atoms with Gasteiger partial charge in [-0.25, -0.2) is 0 Å². The summed E-state index contributed by atoms with van der Waals surface area (Å²) < 4.78 is 60.9. The van der Waals surface area contributed by atoms with Crippen molar-refractivity contribution in [3.63, 3.8) is 0 Å². The van der Waals surface area contributed by atoms with Crippen molar-refractivity contribution >= 4 is 43.4 Å². The highest BCUT2D eigenvalue weighted by Gasteiger charge is 2.26. The molecule has 0 fully saturated rings. The zero-order valence-corrected chi connectivity index (χ0v) is 13.7. The maximum atomic E-state index is 12.1. The van der Waals surface area contributed by atoms with Crippen molar-refractivity contribution in [2.24, 2.45) is 0 Å². The first kappa shape index (κ1) is 17.0. The highest BCUT2D eigenvalue weighted by atomic mass is 35.5. The van der Waals surface area contributed by atoms with E-state index in [0.29, 0.717) is 0 Å². The van der Waals surface area contributed by atoms with Gasteiger partial charge < -0.3 is 4.18 Å². The van der Waals surface area contributed by atoms with Crippen LogP contribution in [0.15, 0.2) is 52.3 Å². The van der Waals surface area contributed by atoms with Crippen LogP contribution in [-0.2, 0) is 20.2 Å². The van der Waals surface area contributed by atoms with E-state index >= 15 is 0 Å². The lowest BCUT2D eigenvalue weighted by molar-refractivity contribution is 0.463. The molecular weight excluding hydrogens is 375 g/mol. The summed E-state index contributed by atoms with van der Waals surface area (Å²) in [5, 5.41) is -0.485. The Hall–Kier alpha value is -1.32. The van der Waals surface area contributed by atoms with Gasteiger partial charge in [0, 0.05) is 5.02 Å². The second-order valence-corrected chi connectivity index (χ2v) is 7.82. The van der Waals surface area contributed by atoms with Crippen LogP contribution in [0.1, 0.15) is 0 Å². The van der Waals surface area contributed by atoms with Crippen LogP contribution in [0.25, 0.3) is 0 Å². The Morgan fingerprint density at radius 1 is 0.955 bits per heavy atom. The molecule has 0 atom stereocenters. The fourth-order valence-electron chi connectivity index (χ4n) is 1.55. The van der Waals surface area contributed by atoms with Crippen molar-refractivity contribution < 1.29 is 25.6 Å². The number of hydrogen-bond donors (Lipinski definition) is 1. The molecule has 0 aliphatic carbocycles. The molecule has 22 heavy (non-hydrogen) atoms. The summed E-state index contributed by atoms with van der Waals surface area (Å²) in [5.41, 5.74) is 0. The summed E-state index contributed by atoms with van der Waals surface area (Å²) in [5.74, 6) is -0.725. The molecule has 118 valence electrons. The van der Waals surface area contributed by atoms with Gasteiger partial charge in [0.15, 0.2) is 5.75 Å². The van der Waals surface area contributed by atoms with Gasteiger partial charge in [-0.1, -0.05) is 41.4 Å². The van der Waals surface area contributed by atoms with Crippen LogP contribution in [0.4, 0.5) is 0 Å². The largest absolute Gasteiger partial charge is 0.376 e. The standard InChI is InChI=1S/C12H8Cl2O6S2/c13-8-6-10(14)12(11(7-8)21(15,16)17)20-22(18,19)9-4-2-1-3-5-9/h1-7H,(H,15,16,17). The molecule has 0 bridgehead atoms. The minimum atomic E-state index is -4.79. The Balaban J connectivity index is 2.60. The first-order chi connectivity index (χ1) is 10.1. The van der Waals surface area contributed by atoms with Crippen LogP contribution in [0, 0.1) is 0 Å². The second kappa shape index (κ2) is 6.05. The molecule has 0 saturated carbocycles. The smallest absolute Gasteiger partial charge is 0.339 e. The third-order valence-electron chi connectivity index (χ3n) is 2.48. The molecule has 1 N–H and O–H groups in total. The maximum absolute atomic E-state index is 12.1. The molecule has 0 aromatic heterocycles. The van der Waals surface area contributed by atoms with E-state index in [0.717, 1.165) is 12.1 Å². The molecule has 2 rings (SSSR count). The zero-order chi connectivity index (χ0) is 16.5. The van der Waals surface area contributed by atoms with E-state index in [4.69, 9.17) is 31.9 Å². The first-order valence-electron chi connectivity index (χ1n) is 5.57. The Morgan fingerprint density at radius 3 is 2.09 bits per heavy atom. The van der Waals surface area contributed by atoms with E-state index in [1.165, 1.54) is 24.3 Å². The molecule has 0 aliphatic rings. The van der Waals surface area contributed by atoms with Crippen molar-refractivity contribution in [1.82, 2.24) is 0 Å². The van der Waals surface area contributed by atoms with E-state index in [2.05, 4.69) is 0 Å². The van der Waals surface area contributed by atoms with Gasteiger partial charge in [0.05, 0.1) is 5.02 Å². The van der Waals surface area contributed by atoms with Crippen molar-refractivity contribution in [2.45, 2.75) is 9.79 Å². The summed E-state index contributed by atoms with van der Waals surface area (Å²) in [6.45, 7) is 0. The SMILES string of the molecule is O=S(=O)(O)c1cc(Cl)cc(Cl)c1OS(=O)(=O)c1ccccc1. The molecule has 10 heteroatoms. The molecular formula is C12H8Cl2O6S2. The Kier molecular flexibility index (Phi) is 4.69. The van der Waals surface area contributed by atoms with Gasteiger partial charge in [-0.05, 0) is 24.3 Å². The topological polar surface area (TPSA) is 97.7 Å². The average molecular weight is 383 g/mol. The van der Waals surface area contributed by atoms with Crippen molar-refractivity contribution in [3.05, 3.63) is 52.5 Å². The van der Waals surface area contributed by atoms with Crippen LogP contribution in [0.2, 0.25) is 10.0 Å². The lowest BCUT2D eigenvalue weighted by atomic mass is 10.3. The van der Waals surface area contributed by atoms with E-state index in [9.17, 15) is 16.8 Å². The fraction of sp³-hybridized carbons (Fsp3) is 0. The number of benzene rings is 2. The summed E-state index contributed by atoms with van der Waals surface area (Å²) in [7, 11) is -9.13. The predicted molar refractivity (Wildman–Crippen MR) is 80.5 cm³/mol. The maximum Gasteiger partial charge on any atom is 0.339 e. The monoisotopic (exact) mass is 382 g/mol. The highest BCUT2D eigenvalue weighted by molar-refractivity contribution is 7.87. The first-order valence-corrected chi connectivity index (χ1v) is 9.18. The molecule has 0 aliphatic heterocycles. The summed E-state index contributed by atoms with van der Waals surface area (Å²) in [6.07, 6.45) is 0. The highest BCUT2D eigenvalue weighted by Crippen LogP contribution is 2.37. The van der Waals surface area contributed by atoms with E-state index in [-0.39, 0.29) is 14.9 Å². The molecule has 0 amide bonds. The predicted octanol–water partition coefficient (Wildman–Crippen LogP) is 3.01. The quantitative estimate of drug-likeness (QED) is 0.644. The lowest BCUT2D eigenvalue weighted by Crippen LogP contribution is -2.12. The Bertz CT molecular complexity index is 908. The Labute approximate surface area is 137 Å². The molecule has 0 unspecified atom stereocenters. The lowest BCUT2D eigenvalue weighted by Gasteiger charge is -2.12. The van der Waals surface area contributed by atoms with Gasteiger partial charge >= 0.3 is 10.1 Å². The molecule has 6 nitrogen and oxygen atoms in total. The molecule has 0 heterocycles. The van der Waals surface area contributed by atoms with Gasteiger partial charge in [-0.2, -0.15) is 16.8 Å². The third kappa shape index (κ3) is 3.71. The summed E-state index contributed by atoms with van der Waals surface area (Å²) in [4.78, 5) is -1.05. The van der Waals surface area contributed by atoms with Crippen LogP contribution in [0.3, 0.4) is 0 Å². The number of halogens is 2. The van der Waals surface area contributed by atoms with Crippen LogP contribution in [0.5, 0.6) is 5.75 Å². The average Bonchev–Trinajstić information content (AvgIpc) is 2.41. The minimum absolute atomic E-state index is 0.109. The van der Waals surface area contributed by atoms with Crippen LogP contribution >= 0.6 is 23.2 Å². The fourth-order valence-corrected chi connectivity index (χ4v) is 3.95. The van der Waals surface area contributed by atoms with Gasteiger partial charge in [-0.3, -0.25) is 4.55 Å². The van der Waals surface area contributed by atoms with Crippen molar-refractivity contribution in [3.8, 4) is 5.75 Å². The van der Waals surface area contributed by atoms with Crippen molar-refractivity contribution in [1.29, 1.82) is 0 Å². The minimum Gasteiger partial charge on any atom is -0.376 e. The van der Waals surface area contributed by atoms with E-state index < -0.39 is 30.9 Å². The number of hydrogen-bond acceptors (Lipinski definition) is 5. The zero-order valence-electron chi connectivity index (χ0n) is 10.6. The van der Waals surface area contributed by atoms with Gasteiger partial charge in [0.25, 0.3) is 10.1 Å². The van der Waals surface area contributed by atoms with E-state index in [1.807, 2.05) is 0 Å². The molecule has 2 aromatic rings. The van der Waals surface area contributed by atoms with Gasteiger partial charge in [-0.15, -0.1) is 0 Å². The van der Waals surface area contributed by atoms with E-state index in [1.54, 1.807) is 6.07 Å². The summed E-state index contributed by atoms with van der Waals surface area (Å²) in [6, 6.07) is 8.95. The van der Waals surface area contributed by atoms with Gasteiger partial charge in [0.1, 0.15) is 9.79 Å². The normalized spacial score (nSPS) is 12.1. The van der Waals surface area contributed by atoms with Crippen LogP contribution in [-0.4, -0.2) is 21.4 Å². The summed E-state index contributed by atoms with van der Waals surface area (Å²) >= 11 is 11.4. The molecule has 0 saturated heterocycles. The molecule has 2 aromatic carbocycles. The Morgan fingerprint density at radius 2 is 1.55 bits per heavy atom. The number of rotatable bonds is 4. The second-order valence-electron chi connectivity index (χ2n) is 4.04. The van der Waals surface area contributed by atoms with Gasteiger partial charge in [0.2, 0.25) is 0 Å². The molecule has 0 spiro atoms. The van der Waals surface area contributed by atoms with Crippen LogP contribution < -0.4 is 4.18 Å². The van der Waals surface area contributed by atoms with Crippen molar-refractivity contribution in [2.75, 3.05) is 0 Å². The molecule has 0 radical (unpaired) electrons.